The summed E-state index contributed by atoms with van der Waals surface area (Å²) in [4.78, 5) is 0. The van der Waals surface area contributed by atoms with Crippen LogP contribution in [0.5, 0.6) is 0 Å². The first-order chi connectivity index (χ1) is 7.79. The van der Waals surface area contributed by atoms with Crippen molar-refractivity contribution in [2.24, 2.45) is 7.05 Å². The summed E-state index contributed by atoms with van der Waals surface area (Å²) in [7, 11) is 2.07. The van der Waals surface area contributed by atoms with Crippen LogP contribution >= 0.6 is 0 Å². The van der Waals surface area contributed by atoms with Crippen molar-refractivity contribution in [1.29, 1.82) is 0 Å². The molecular formula is C15H23N. The van der Waals surface area contributed by atoms with Crippen LogP contribution in [0.4, 0.5) is 0 Å². The van der Waals surface area contributed by atoms with Gasteiger partial charge in [-0.25, -0.2) is 0 Å². The van der Waals surface area contributed by atoms with E-state index in [2.05, 4.69) is 55.5 Å². The second-order valence-electron chi connectivity index (χ2n) is 3.15. The van der Waals surface area contributed by atoms with Gasteiger partial charge in [0.2, 0.25) is 0 Å². The van der Waals surface area contributed by atoms with Crippen LogP contribution in [0.2, 0.25) is 0 Å². The minimum atomic E-state index is 1.07. The lowest BCUT2D eigenvalue weighted by molar-refractivity contribution is 0.902. The fourth-order valence-electron chi connectivity index (χ4n) is 1.28. The van der Waals surface area contributed by atoms with E-state index < -0.39 is 0 Å². The number of aromatic nitrogens is 1. The highest BCUT2D eigenvalue weighted by Crippen LogP contribution is 2.10. The smallest absolute Gasteiger partial charge is 0.0408 e. The SMILES string of the molecule is C=C/C=C/c1ccc(/C=C/CC)n1C.CC. The molecule has 0 spiro atoms. The van der Waals surface area contributed by atoms with Crippen LogP contribution in [0.1, 0.15) is 38.6 Å². The third-order valence-electron chi connectivity index (χ3n) is 2.13. The maximum Gasteiger partial charge on any atom is 0.0408 e. The van der Waals surface area contributed by atoms with E-state index >= 15 is 0 Å². The summed E-state index contributed by atoms with van der Waals surface area (Å²) in [5.41, 5.74) is 2.43. The Morgan fingerprint density at radius 3 is 2.25 bits per heavy atom. The fourth-order valence-corrected chi connectivity index (χ4v) is 1.28. The van der Waals surface area contributed by atoms with Gasteiger partial charge in [0.05, 0.1) is 0 Å². The van der Waals surface area contributed by atoms with Crippen LogP contribution in [0.3, 0.4) is 0 Å². The van der Waals surface area contributed by atoms with E-state index in [4.69, 9.17) is 0 Å². The van der Waals surface area contributed by atoms with Crippen LogP contribution in [-0.2, 0) is 7.05 Å². The minimum absolute atomic E-state index is 1.07. The summed E-state index contributed by atoms with van der Waals surface area (Å²) < 4.78 is 2.16. The van der Waals surface area contributed by atoms with Gasteiger partial charge in [-0.3, -0.25) is 0 Å². The molecule has 0 aliphatic carbocycles. The Labute approximate surface area is 99.8 Å². The molecule has 0 amide bonds. The lowest BCUT2D eigenvalue weighted by atomic mass is 10.3. The highest BCUT2D eigenvalue weighted by Gasteiger charge is 1.97. The van der Waals surface area contributed by atoms with E-state index in [-0.39, 0.29) is 0 Å². The Bertz CT molecular complexity index is 354. The van der Waals surface area contributed by atoms with E-state index in [0.29, 0.717) is 0 Å². The zero-order chi connectivity index (χ0) is 12.4. The Morgan fingerprint density at radius 2 is 1.75 bits per heavy atom. The molecule has 0 bridgehead atoms. The Kier molecular flexibility index (Phi) is 7.96. The van der Waals surface area contributed by atoms with Crippen molar-refractivity contribution in [3.05, 3.63) is 48.3 Å². The molecule has 0 unspecified atom stereocenters. The van der Waals surface area contributed by atoms with Gasteiger partial charge in [-0.1, -0.05) is 45.6 Å². The van der Waals surface area contributed by atoms with Crippen molar-refractivity contribution in [2.75, 3.05) is 0 Å². The van der Waals surface area contributed by atoms with E-state index in [1.165, 1.54) is 11.4 Å². The van der Waals surface area contributed by atoms with E-state index in [1.807, 2.05) is 19.9 Å². The summed E-state index contributed by atoms with van der Waals surface area (Å²) in [6.07, 6.45) is 11.2. The molecule has 0 radical (unpaired) electrons. The average Bonchev–Trinajstić information content (AvgIpc) is 2.68. The molecule has 1 aromatic heterocycles. The molecule has 0 aliphatic heterocycles. The Hall–Kier alpha value is -1.50. The minimum Gasteiger partial charge on any atom is -0.345 e. The molecule has 0 N–H and O–H groups in total. The summed E-state index contributed by atoms with van der Waals surface area (Å²) in [6, 6.07) is 4.23. The molecule has 1 rings (SSSR count). The number of allylic oxidation sites excluding steroid dienone is 3. The van der Waals surface area contributed by atoms with Crippen LogP contribution in [0.25, 0.3) is 12.2 Å². The predicted molar refractivity (Wildman–Crippen MR) is 75.3 cm³/mol. The molecule has 0 atom stereocenters. The van der Waals surface area contributed by atoms with Crippen LogP contribution in [0.15, 0.2) is 36.9 Å². The number of hydrogen-bond donors (Lipinski definition) is 0. The average molecular weight is 217 g/mol. The molecular weight excluding hydrogens is 194 g/mol. The normalized spacial score (nSPS) is 10.5. The molecule has 1 nitrogen and oxygen atoms in total. The van der Waals surface area contributed by atoms with Crippen molar-refractivity contribution in [1.82, 2.24) is 4.57 Å². The third-order valence-corrected chi connectivity index (χ3v) is 2.13. The standard InChI is InChI=1S/C13H17N.C2H6/c1-4-6-8-12-10-11-13(14(12)3)9-7-5-2;1-2/h4,6-11H,1,5H2,2-3H3;1-2H3/b8-6+,9-7+;. The van der Waals surface area contributed by atoms with Crippen molar-refractivity contribution in [3.8, 4) is 0 Å². The molecule has 1 aromatic rings. The third kappa shape index (κ3) is 4.35. The molecule has 0 saturated heterocycles. The predicted octanol–water partition coefficient (Wildman–Crippen LogP) is 4.67. The maximum atomic E-state index is 3.65. The number of nitrogens with zero attached hydrogens (tertiary/aromatic N) is 1. The van der Waals surface area contributed by atoms with Crippen molar-refractivity contribution in [3.63, 3.8) is 0 Å². The van der Waals surface area contributed by atoms with Gasteiger partial charge in [0, 0.05) is 18.4 Å². The molecule has 1 heterocycles. The second kappa shape index (κ2) is 8.78. The highest BCUT2D eigenvalue weighted by molar-refractivity contribution is 5.54. The number of rotatable bonds is 4. The van der Waals surface area contributed by atoms with E-state index in [0.717, 1.165) is 6.42 Å². The van der Waals surface area contributed by atoms with E-state index in [9.17, 15) is 0 Å². The van der Waals surface area contributed by atoms with Gasteiger partial charge in [-0.05, 0) is 30.7 Å². The number of hydrogen-bond acceptors (Lipinski definition) is 0. The lowest BCUT2D eigenvalue weighted by Gasteiger charge is -1.99. The highest BCUT2D eigenvalue weighted by atomic mass is 14.9. The Balaban J connectivity index is 0.00000106. The largest absolute Gasteiger partial charge is 0.345 e. The Morgan fingerprint density at radius 1 is 1.19 bits per heavy atom. The second-order valence-corrected chi connectivity index (χ2v) is 3.15. The van der Waals surface area contributed by atoms with Crippen molar-refractivity contribution in [2.45, 2.75) is 27.2 Å². The van der Waals surface area contributed by atoms with Gasteiger partial charge < -0.3 is 4.57 Å². The first kappa shape index (κ1) is 14.5. The van der Waals surface area contributed by atoms with Crippen LogP contribution < -0.4 is 0 Å². The summed E-state index contributed by atoms with van der Waals surface area (Å²) >= 11 is 0. The summed E-state index contributed by atoms with van der Waals surface area (Å²) in [6.45, 7) is 9.79. The van der Waals surface area contributed by atoms with Gasteiger partial charge in [0.25, 0.3) is 0 Å². The zero-order valence-electron chi connectivity index (χ0n) is 10.9. The molecule has 88 valence electrons. The molecule has 0 aliphatic rings. The van der Waals surface area contributed by atoms with Gasteiger partial charge in [-0.2, -0.15) is 0 Å². The first-order valence-corrected chi connectivity index (χ1v) is 5.91. The fraction of sp³-hybridized carbons (Fsp3) is 0.333. The van der Waals surface area contributed by atoms with E-state index in [1.54, 1.807) is 6.08 Å². The first-order valence-electron chi connectivity index (χ1n) is 5.91. The van der Waals surface area contributed by atoms with Crippen LogP contribution in [-0.4, -0.2) is 4.57 Å². The zero-order valence-corrected chi connectivity index (χ0v) is 10.9. The molecule has 1 heteroatoms. The van der Waals surface area contributed by atoms with Crippen molar-refractivity contribution >= 4 is 12.2 Å². The molecule has 0 fully saturated rings. The molecule has 0 saturated carbocycles. The van der Waals surface area contributed by atoms with Gasteiger partial charge in [0.15, 0.2) is 0 Å². The summed E-state index contributed by atoms with van der Waals surface area (Å²) in [5, 5.41) is 0. The van der Waals surface area contributed by atoms with Gasteiger partial charge in [0.1, 0.15) is 0 Å². The van der Waals surface area contributed by atoms with Crippen molar-refractivity contribution < 1.29 is 0 Å². The quantitative estimate of drug-likeness (QED) is 0.646. The molecule has 16 heavy (non-hydrogen) atoms. The maximum absolute atomic E-state index is 3.65. The molecule has 0 aromatic carbocycles. The van der Waals surface area contributed by atoms with Gasteiger partial charge in [-0.15, -0.1) is 0 Å². The monoisotopic (exact) mass is 217 g/mol. The van der Waals surface area contributed by atoms with Gasteiger partial charge >= 0.3 is 0 Å². The topological polar surface area (TPSA) is 4.93 Å². The van der Waals surface area contributed by atoms with Crippen LogP contribution in [0, 0.1) is 0 Å². The summed E-state index contributed by atoms with van der Waals surface area (Å²) in [5.74, 6) is 0. The lowest BCUT2D eigenvalue weighted by Crippen LogP contribution is -1.92.